The van der Waals surface area contributed by atoms with E-state index in [-0.39, 0.29) is 0 Å². The maximum atomic E-state index is 2.56. The van der Waals surface area contributed by atoms with E-state index in [1.54, 1.807) is 27.8 Å². The first-order chi connectivity index (χ1) is 16.6. The summed E-state index contributed by atoms with van der Waals surface area (Å²) in [6, 6.07) is 12.2. The highest BCUT2D eigenvalue weighted by Crippen LogP contribution is 2.62. The second-order valence-corrected chi connectivity index (χ2v) is 11.7. The molecule has 2 aliphatic rings. The van der Waals surface area contributed by atoms with Crippen molar-refractivity contribution in [3.63, 3.8) is 0 Å². The number of hydrogen-bond acceptors (Lipinski definition) is 0. The van der Waals surface area contributed by atoms with Gasteiger partial charge in [0.05, 0.1) is 0 Å². The molecule has 2 aromatic carbocycles. The van der Waals surface area contributed by atoms with Crippen LogP contribution in [0.2, 0.25) is 0 Å². The maximum absolute atomic E-state index is 2.56. The van der Waals surface area contributed by atoms with Crippen molar-refractivity contribution in [2.75, 3.05) is 0 Å². The zero-order chi connectivity index (χ0) is 24.0. The molecule has 0 heteroatoms. The van der Waals surface area contributed by atoms with Crippen LogP contribution in [-0.2, 0) is 6.42 Å². The Balaban J connectivity index is 1.62. The van der Waals surface area contributed by atoms with Gasteiger partial charge in [-0.3, -0.25) is 0 Å². The van der Waals surface area contributed by atoms with Gasteiger partial charge in [0.25, 0.3) is 0 Å². The molecule has 0 aromatic heterocycles. The number of hydrogen-bond donors (Lipinski definition) is 0. The van der Waals surface area contributed by atoms with Gasteiger partial charge in [0.1, 0.15) is 0 Å². The Morgan fingerprint density at radius 2 is 1.29 bits per heavy atom. The van der Waals surface area contributed by atoms with Gasteiger partial charge in [-0.15, -0.1) is 0 Å². The van der Waals surface area contributed by atoms with E-state index in [0.29, 0.717) is 11.3 Å². The molecule has 0 aliphatic heterocycles. The van der Waals surface area contributed by atoms with Crippen LogP contribution in [0.1, 0.15) is 144 Å². The Bertz CT molecular complexity index is 917. The van der Waals surface area contributed by atoms with Crippen LogP contribution in [0, 0.1) is 19.3 Å². The second-order valence-electron chi connectivity index (χ2n) is 11.7. The van der Waals surface area contributed by atoms with Crippen LogP contribution in [-0.4, -0.2) is 0 Å². The molecule has 34 heavy (non-hydrogen) atoms. The van der Waals surface area contributed by atoms with Gasteiger partial charge < -0.3 is 0 Å². The summed E-state index contributed by atoms with van der Waals surface area (Å²) in [5.41, 5.74) is 11.6. The Morgan fingerprint density at radius 3 is 1.94 bits per heavy atom. The van der Waals surface area contributed by atoms with Crippen LogP contribution in [0.3, 0.4) is 0 Å². The number of unbranched alkanes of at least 4 members (excludes halogenated alkanes) is 10. The predicted octanol–water partition coefficient (Wildman–Crippen LogP) is 10.8. The highest BCUT2D eigenvalue weighted by Gasteiger charge is 2.48. The van der Waals surface area contributed by atoms with Crippen LogP contribution in [0.4, 0.5) is 0 Å². The molecule has 0 bridgehead atoms. The van der Waals surface area contributed by atoms with Gasteiger partial charge in [-0.25, -0.2) is 0 Å². The number of benzene rings is 2. The molecule has 0 amide bonds. The SMILES string of the molecule is CCCCCCCCC1(CCCCCCCC)CCc2c(C)ccc3c2C1c1cc(C)ccc1-3. The molecule has 186 valence electrons. The molecule has 2 aromatic rings. The van der Waals surface area contributed by atoms with Crippen LogP contribution < -0.4 is 0 Å². The first-order valence-electron chi connectivity index (χ1n) is 14.8. The molecule has 2 aliphatic carbocycles. The molecule has 0 radical (unpaired) electrons. The molecule has 0 saturated carbocycles. The van der Waals surface area contributed by atoms with Crippen LogP contribution in [0.5, 0.6) is 0 Å². The van der Waals surface area contributed by atoms with Gasteiger partial charge in [-0.2, -0.15) is 0 Å². The van der Waals surface area contributed by atoms with Crippen molar-refractivity contribution < 1.29 is 0 Å². The Hall–Kier alpha value is -1.56. The van der Waals surface area contributed by atoms with Crippen molar-refractivity contribution in [2.45, 2.75) is 136 Å². The fraction of sp³-hybridized carbons (Fsp3) is 0.647. The van der Waals surface area contributed by atoms with Crippen LogP contribution >= 0.6 is 0 Å². The summed E-state index contributed by atoms with van der Waals surface area (Å²) >= 11 is 0. The minimum absolute atomic E-state index is 0.462. The zero-order valence-electron chi connectivity index (χ0n) is 22.8. The van der Waals surface area contributed by atoms with Crippen molar-refractivity contribution >= 4 is 0 Å². The molecule has 0 fully saturated rings. The van der Waals surface area contributed by atoms with Gasteiger partial charge in [-0.1, -0.05) is 127 Å². The number of fused-ring (bicyclic) bond motifs is 3. The fourth-order valence-corrected chi connectivity index (χ4v) is 7.32. The lowest BCUT2D eigenvalue weighted by Crippen LogP contribution is -2.34. The smallest absolute Gasteiger partial charge is 0.0161 e. The standard InChI is InChI=1S/C34H50/c1-5-7-9-11-13-15-22-34(23-16-14-12-10-8-6-2)24-21-28-27(4)18-20-30-29-19-17-26(3)25-31(29)33(34)32(28)30/h17-20,25,33H,5-16,21-24H2,1-4H3. The molecule has 0 saturated heterocycles. The summed E-state index contributed by atoms with van der Waals surface area (Å²) in [6.45, 7) is 9.30. The van der Waals surface area contributed by atoms with Gasteiger partial charge in [0.15, 0.2) is 0 Å². The highest BCUT2D eigenvalue weighted by molar-refractivity contribution is 5.82. The van der Waals surface area contributed by atoms with Gasteiger partial charge in [0, 0.05) is 5.92 Å². The first-order valence-corrected chi connectivity index (χ1v) is 14.8. The lowest BCUT2D eigenvalue weighted by molar-refractivity contribution is 0.163. The first kappa shape index (κ1) is 25.5. The summed E-state index contributed by atoms with van der Waals surface area (Å²) < 4.78 is 0. The zero-order valence-corrected chi connectivity index (χ0v) is 22.8. The minimum Gasteiger partial charge on any atom is -0.0654 e. The van der Waals surface area contributed by atoms with E-state index in [0.717, 1.165) is 0 Å². The Kier molecular flexibility index (Phi) is 8.95. The predicted molar refractivity (Wildman–Crippen MR) is 150 cm³/mol. The largest absolute Gasteiger partial charge is 0.0654 e. The molecule has 1 atom stereocenters. The molecule has 1 unspecified atom stereocenters. The summed E-state index contributed by atoms with van der Waals surface area (Å²) in [5.74, 6) is 0.632. The van der Waals surface area contributed by atoms with Crippen molar-refractivity contribution in [3.05, 3.63) is 58.1 Å². The van der Waals surface area contributed by atoms with Crippen molar-refractivity contribution in [1.29, 1.82) is 0 Å². The van der Waals surface area contributed by atoms with E-state index in [2.05, 4.69) is 58.0 Å². The third kappa shape index (κ3) is 5.32. The van der Waals surface area contributed by atoms with Crippen LogP contribution in [0.25, 0.3) is 11.1 Å². The van der Waals surface area contributed by atoms with Gasteiger partial charge in [-0.05, 0) is 78.3 Å². The molecule has 4 rings (SSSR count). The molecule has 0 N–H and O–H groups in total. The molecule has 0 spiro atoms. The summed E-state index contributed by atoms with van der Waals surface area (Å²) in [5, 5.41) is 0. The van der Waals surface area contributed by atoms with E-state index in [1.807, 2.05) is 0 Å². The van der Waals surface area contributed by atoms with Gasteiger partial charge in [0.2, 0.25) is 0 Å². The Morgan fingerprint density at radius 1 is 0.706 bits per heavy atom. The van der Waals surface area contributed by atoms with Crippen molar-refractivity contribution in [3.8, 4) is 11.1 Å². The summed E-state index contributed by atoms with van der Waals surface area (Å²) in [4.78, 5) is 0. The Labute approximate surface area is 211 Å². The van der Waals surface area contributed by atoms with Gasteiger partial charge >= 0.3 is 0 Å². The second kappa shape index (κ2) is 11.9. The summed E-state index contributed by atoms with van der Waals surface area (Å²) in [6.07, 6.45) is 22.5. The van der Waals surface area contributed by atoms with Crippen molar-refractivity contribution in [2.24, 2.45) is 5.41 Å². The average molecular weight is 459 g/mol. The highest BCUT2D eigenvalue weighted by atomic mass is 14.5. The molecular weight excluding hydrogens is 408 g/mol. The molecular formula is C34H50. The normalized spacial score (nSPS) is 17.6. The monoisotopic (exact) mass is 458 g/mol. The fourth-order valence-electron chi connectivity index (χ4n) is 7.32. The lowest BCUT2D eigenvalue weighted by atomic mass is 9.58. The van der Waals surface area contributed by atoms with E-state index in [9.17, 15) is 0 Å². The number of aryl methyl sites for hydroxylation is 2. The van der Waals surface area contributed by atoms with E-state index in [4.69, 9.17) is 0 Å². The topological polar surface area (TPSA) is 0 Å². The quantitative estimate of drug-likeness (QED) is 0.247. The van der Waals surface area contributed by atoms with Crippen LogP contribution in [0.15, 0.2) is 30.3 Å². The maximum Gasteiger partial charge on any atom is 0.0161 e. The van der Waals surface area contributed by atoms with E-state index in [1.165, 1.54) is 114 Å². The van der Waals surface area contributed by atoms with E-state index < -0.39 is 0 Å². The summed E-state index contributed by atoms with van der Waals surface area (Å²) in [7, 11) is 0. The van der Waals surface area contributed by atoms with E-state index >= 15 is 0 Å². The third-order valence-electron chi connectivity index (χ3n) is 9.23. The third-order valence-corrected chi connectivity index (χ3v) is 9.23. The van der Waals surface area contributed by atoms with Crippen molar-refractivity contribution in [1.82, 2.24) is 0 Å². The minimum atomic E-state index is 0.462. The lowest BCUT2D eigenvalue weighted by Gasteiger charge is -2.45. The average Bonchev–Trinajstić information content (AvgIpc) is 3.17. The molecule has 0 heterocycles. The molecule has 0 nitrogen and oxygen atoms in total. The number of rotatable bonds is 14.